The Bertz CT molecular complexity index is 1150. The molecular formula is C20H15Cl2NO5S. The predicted octanol–water partition coefficient (Wildman–Crippen LogP) is 5.37. The molecule has 0 spiro atoms. The third kappa shape index (κ3) is 5.00. The van der Waals surface area contributed by atoms with E-state index in [0.717, 1.165) is 0 Å². The van der Waals surface area contributed by atoms with Crippen LogP contribution in [0.2, 0.25) is 10.0 Å². The molecule has 0 atom stereocenters. The number of hydrogen-bond donors (Lipinski definition) is 1. The van der Waals surface area contributed by atoms with Crippen molar-refractivity contribution in [2.45, 2.75) is 4.90 Å². The van der Waals surface area contributed by atoms with E-state index in [9.17, 15) is 13.2 Å². The largest absolute Gasteiger partial charge is 0.465 e. The van der Waals surface area contributed by atoms with Crippen LogP contribution in [0.4, 0.5) is 5.69 Å². The molecule has 0 saturated carbocycles. The summed E-state index contributed by atoms with van der Waals surface area (Å²) in [6.45, 7) is 0. The number of nitrogens with one attached hydrogen (secondary N) is 1. The summed E-state index contributed by atoms with van der Waals surface area (Å²) in [4.78, 5) is 11.9. The normalized spacial score (nSPS) is 11.0. The lowest BCUT2D eigenvalue weighted by molar-refractivity contribution is 0.0602. The van der Waals surface area contributed by atoms with Crippen molar-refractivity contribution in [2.75, 3.05) is 11.8 Å². The number of para-hydroxylation sites is 1. The van der Waals surface area contributed by atoms with Crippen LogP contribution >= 0.6 is 23.2 Å². The van der Waals surface area contributed by atoms with Crippen molar-refractivity contribution in [2.24, 2.45) is 0 Å². The fourth-order valence-corrected chi connectivity index (χ4v) is 3.86. The minimum absolute atomic E-state index is 0.00208. The highest BCUT2D eigenvalue weighted by atomic mass is 35.5. The summed E-state index contributed by atoms with van der Waals surface area (Å²) in [5, 5.41) is 0.707. The number of halogens is 2. The van der Waals surface area contributed by atoms with Crippen LogP contribution in [0.1, 0.15) is 10.4 Å². The standard InChI is InChI=1S/C20H15Cl2NO5S/c1-27-20(24)16-12-13(21)6-11-18(16)23-29(25,26)15-9-7-14(8-10-15)28-19-5-3-2-4-17(19)22/h2-12,23H,1H3. The summed E-state index contributed by atoms with van der Waals surface area (Å²) in [7, 11) is -2.78. The van der Waals surface area contributed by atoms with Crippen molar-refractivity contribution >= 4 is 44.9 Å². The number of methoxy groups -OCH3 is 1. The molecule has 150 valence electrons. The molecule has 0 bridgehead atoms. The topological polar surface area (TPSA) is 81.7 Å². The molecule has 29 heavy (non-hydrogen) atoms. The van der Waals surface area contributed by atoms with E-state index < -0.39 is 16.0 Å². The van der Waals surface area contributed by atoms with E-state index in [2.05, 4.69) is 9.46 Å². The van der Waals surface area contributed by atoms with Crippen molar-refractivity contribution < 1.29 is 22.7 Å². The second-order valence-corrected chi connectivity index (χ2v) is 8.32. The van der Waals surface area contributed by atoms with E-state index >= 15 is 0 Å². The molecule has 0 aliphatic rings. The average molecular weight is 452 g/mol. The summed E-state index contributed by atoms with van der Waals surface area (Å²) in [5.41, 5.74) is 0.0555. The highest BCUT2D eigenvalue weighted by Crippen LogP contribution is 2.30. The van der Waals surface area contributed by atoms with Crippen LogP contribution in [0, 0.1) is 0 Å². The molecule has 9 heteroatoms. The van der Waals surface area contributed by atoms with Crippen LogP contribution in [0.15, 0.2) is 71.6 Å². The molecule has 3 rings (SSSR count). The highest BCUT2D eigenvalue weighted by molar-refractivity contribution is 7.92. The van der Waals surface area contributed by atoms with Gasteiger partial charge in [0, 0.05) is 5.02 Å². The smallest absolute Gasteiger partial charge is 0.340 e. The summed E-state index contributed by atoms with van der Waals surface area (Å²) in [6, 6.07) is 16.9. The van der Waals surface area contributed by atoms with Gasteiger partial charge in [0.05, 0.1) is 28.3 Å². The first-order valence-corrected chi connectivity index (χ1v) is 10.5. The quantitative estimate of drug-likeness (QED) is 0.509. The van der Waals surface area contributed by atoms with Gasteiger partial charge in [0.15, 0.2) is 0 Å². The number of rotatable bonds is 6. The summed E-state index contributed by atoms with van der Waals surface area (Å²) < 4.78 is 38.1. The van der Waals surface area contributed by atoms with Crippen LogP contribution in [-0.4, -0.2) is 21.5 Å². The van der Waals surface area contributed by atoms with Crippen molar-refractivity contribution in [1.82, 2.24) is 0 Å². The molecule has 0 radical (unpaired) electrons. The van der Waals surface area contributed by atoms with Crippen LogP contribution in [0.5, 0.6) is 11.5 Å². The first-order valence-electron chi connectivity index (χ1n) is 8.23. The van der Waals surface area contributed by atoms with Gasteiger partial charge < -0.3 is 9.47 Å². The van der Waals surface area contributed by atoms with E-state index in [1.54, 1.807) is 24.3 Å². The summed E-state index contributed by atoms with van der Waals surface area (Å²) in [6.07, 6.45) is 0. The second kappa shape index (κ2) is 8.73. The zero-order valence-corrected chi connectivity index (χ0v) is 17.4. The molecule has 3 aromatic carbocycles. The highest BCUT2D eigenvalue weighted by Gasteiger charge is 2.20. The van der Waals surface area contributed by atoms with Crippen LogP contribution in [0.3, 0.4) is 0 Å². The number of sulfonamides is 1. The molecule has 0 unspecified atom stereocenters. The van der Waals surface area contributed by atoms with Crippen molar-refractivity contribution in [3.05, 3.63) is 82.3 Å². The molecule has 0 aliphatic carbocycles. The van der Waals surface area contributed by atoms with Gasteiger partial charge in [-0.2, -0.15) is 0 Å². The number of carbonyl (C=O) groups excluding carboxylic acids is 1. The number of esters is 1. The Morgan fingerprint density at radius 1 is 0.966 bits per heavy atom. The van der Waals surface area contributed by atoms with Crippen LogP contribution in [0.25, 0.3) is 0 Å². The molecule has 0 amide bonds. The number of hydrogen-bond acceptors (Lipinski definition) is 5. The maximum atomic E-state index is 12.7. The molecule has 0 saturated heterocycles. The summed E-state index contributed by atoms with van der Waals surface area (Å²) >= 11 is 11.9. The third-order valence-electron chi connectivity index (χ3n) is 3.83. The molecule has 6 nitrogen and oxygen atoms in total. The van der Waals surface area contributed by atoms with Crippen molar-refractivity contribution in [1.29, 1.82) is 0 Å². The molecule has 3 aromatic rings. The molecule has 0 heterocycles. The van der Waals surface area contributed by atoms with E-state index in [-0.39, 0.29) is 21.2 Å². The van der Waals surface area contributed by atoms with Gasteiger partial charge in [-0.1, -0.05) is 35.3 Å². The lowest BCUT2D eigenvalue weighted by Crippen LogP contribution is -2.16. The Kier molecular flexibility index (Phi) is 6.32. The van der Waals surface area contributed by atoms with E-state index in [1.807, 2.05) is 0 Å². The van der Waals surface area contributed by atoms with E-state index in [0.29, 0.717) is 16.5 Å². The molecule has 0 fully saturated rings. The van der Waals surface area contributed by atoms with Gasteiger partial charge >= 0.3 is 5.97 Å². The van der Waals surface area contributed by atoms with Gasteiger partial charge in [0.25, 0.3) is 10.0 Å². The Labute approximate surface area is 178 Å². The second-order valence-electron chi connectivity index (χ2n) is 5.79. The molecule has 1 N–H and O–H groups in total. The van der Waals surface area contributed by atoms with Gasteiger partial charge in [0.1, 0.15) is 11.5 Å². The number of benzene rings is 3. The lowest BCUT2D eigenvalue weighted by Gasteiger charge is -2.12. The fraction of sp³-hybridized carbons (Fsp3) is 0.0500. The van der Waals surface area contributed by atoms with E-state index in [4.69, 9.17) is 27.9 Å². The predicted molar refractivity (Wildman–Crippen MR) is 112 cm³/mol. The first kappa shape index (κ1) is 21.0. The fourth-order valence-electron chi connectivity index (χ4n) is 2.43. The van der Waals surface area contributed by atoms with Gasteiger partial charge in [-0.15, -0.1) is 0 Å². The van der Waals surface area contributed by atoms with Gasteiger partial charge in [-0.25, -0.2) is 13.2 Å². The van der Waals surface area contributed by atoms with Crippen LogP contribution in [-0.2, 0) is 14.8 Å². The Hall–Kier alpha value is -2.74. The number of carbonyl (C=O) groups is 1. The van der Waals surface area contributed by atoms with Crippen molar-refractivity contribution in [3.8, 4) is 11.5 Å². The Morgan fingerprint density at radius 2 is 1.66 bits per heavy atom. The van der Waals surface area contributed by atoms with Gasteiger partial charge in [-0.05, 0) is 54.6 Å². The van der Waals surface area contributed by atoms with Crippen LogP contribution < -0.4 is 9.46 Å². The maximum Gasteiger partial charge on any atom is 0.340 e. The summed E-state index contributed by atoms with van der Waals surface area (Å²) in [5.74, 6) is 0.152. The molecular weight excluding hydrogens is 437 g/mol. The third-order valence-corrected chi connectivity index (χ3v) is 5.76. The van der Waals surface area contributed by atoms with Crippen molar-refractivity contribution in [3.63, 3.8) is 0 Å². The monoisotopic (exact) mass is 451 g/mol. The molecule has 0 aliphatic heterocycles. The van der Waals surface area contributed by atoms with E-state index in [1.165, 1.54) is 49.6 Å². The first-order chi connectivity index (χ1) is 13.8. The SMILES string of the molecule is COC(=O)c1cc(Cl)ccc1NS(=O)(=O)c1ccc(Oc2ccccc2Cl)cc1. The lowest BCUT2D eigenvalue weighted by atomic mass is 10.2. The average Bonchev–Trinajstić information content (AvgIpc) is 2.71. The number of ether oxygens (including phenoxy) is 2. The number of anilines is 1. The molecule has 0 aromatic heterocycles. The van der Waals surface area contributed by atoms with Gasteiger partial charge in [-0.3, -0.25) is 4.72 Å². The van der Waals surface area contributed by atoms with Gasteiger partial charge in [0.2, 0.25) is 0 Å². The maximum absolute atomic E-state index is 12.7. The Balaban J connectivity index is 1.84. The Morgan fingerprint density at radius 3 is 2.31 bits per heavy atom. The minimum Gasteiger partial charge on any atom is -0.465 e. The zero-order valence-electron chi connectivity index (χ0n) is 15.1. The zero-order chi connectivity index (χ0) is 21.0. The minimum atomic E-state index is -3.97.